The lowest BCUT2D eigenvalue weighted by molar-refractivity contribution is -0.119. The number of amides is 2. The van der Waals surface area contributed by atoms with Gasteiger partial charge >= 0.3 is 0 Å². The van der Waals surface area contributed by atoms with Crippen LogP contribution in [0.1, 0.15) is 24.0 Å². The number of ether oxygens (including phenoxy) is 1. The fourth-order valence-electron chi connectivity index (χ4n) is 3.76. The Morgan fingerprint density at radius 2 is 2.00 bits per heavy atom. The average Bonchev–Trinajstić information content (AvgIpc) is 3.02. The molecule has 2 aromatic carbocycles. The Morgan fingerprint density at radius 3 is 2.78 bits per heavy atom. The molecule has 1 saturated heterocycles. The Morgan fingerprint density at radius 1 is 1.19 bits per heavy atom. The molecule has 0 aliphatic carbocycles. The van der Waals surface area contributed by atoms with E-state index in [0.29, 0.717) is 25.3 Å². The molecule has 1 fully saturated rings. The molecular formula is C21H21FN2O3. The lowest BCUT2D eigenvalue weighted by atomic mass is 10.0. The molecule has 2 aliphatic heterocycles. The lowest BCUT2D eigenvalue weighted by Gasteiger charge is -2.34. The summed E-state index contributed by atoms with van der Waals surface area (Å²) in [6.07, 6.45) is 2.02. The van der Waals surface area contributed by atoms with Gasteiger partial charge in [-0.25, -0.2) is 4.39 Å². The highest BCUT2D eigenvalue weighted by atomic mass is 19.1. The van der Waals surface area contributed by atoms with Crippen LogP contribution in [0.4, 0.5) is 15.8 Å². The van der Waals surface area contributed by atoms with Crippen LogP contribution >= 0.6 is 0 Å². The molecule has 2 aromatic rings. The third-order valence-electron chi connectivity index (χ3n) is 5.07. The van der Waals surface area contributed by atoms with E-state index in [0.717, 1.165) is 29.7 Å². The van der Waals surface area contributed by atoms with Crippen molar-refractivity contribution in [2.24, 2.45) is 0 Å². The number of nitrogens with zero attached hydrogens (tertiary/aromatic N) is 1. The summed E-state index contributed by atoms with van der Waals surface area (Å²) in [6.45, 7) is 1.18. The van der Waals surface area contributed by atoms with Crippen molar-refractivity contribution in [3.05, 3.63) is 59.4 Å². The molecule has 0 unspecified atom stereocenters. The van der Waals surface area contributed by atoms with Gasteiger partial charge in [-0.05, 0) is 48.2 Å². The van der Waals surface area contributed by atoms with Gasteiger partial charge in [0.25, 0.3) is 0 Å². The Bertz CT molecular complexity index is 877. The molecule has 140 valence electrons. The van der Waals surface area contributed by atoms with Gasteiger partial charge in [0.05, 0.1) is 12.8 Å². The smallest absolute Gasteiger partial charge is 0.231 e. The molecule has 2 amide bonds. The topological polar surface area (TPSA) is 58.6 Å². The maximum atomic E-state index is 13.8. The number of carbonyl (C=O) groups is 2. The third-order valence-corrected chi connectivity index (χ3v) is 5.07. The second-order valence-corrected chi connectivity index (χ2v) is 6.98. The largest absolute Gasteiger partial charge is 0.381 e. The molecule has 0 atom stereocenters. The summed E-state index contributed by atoms with van der Waals surface area (Å²) in [5.74, 6) is -0.480. The molecule has 4 rings (SSSR count). The van der Waals surface area contributed by atoms with Gasteiger partial charge in [0, 0.05) is 30.6 Å². The summed E-state index contributed by atoms with van der Waals surface area (Å²) in [5.41, 5.74) is 3.12. The van der Waals surface area contributed by atoms with Gasteiger partial charge < -0.3 is 15.0 Å². The first kappa shape index (κ1) is 17.7. The van der Waals surface area contributed by atoms with Crippen molar-refractivity contribution in [3.63, 3.8) is 0 Å². The van der Waals surface area contributed by atoms with Crippen LogP contribution in [-0.2, 0) is 27.2 Å². The number of fused-ring (bicyclic) bond motifs is 1. The highest BCUT2D eigenvalue weighted by Gasteiger charge is 2.28. The SMILES string of the molecule is O=C1Cc2ccc(CC(=O)N(c3cccc(F)c3)C3CCOCC3)cc2N1. The molecule has 2 aliphatic rings. The highest BCUT2D eigenvalue weighted by Crippen LogP contribution is 2.27. The van der Waals surface area contributed by atoms with Crippen LogP contribution < -0.4 is 10.2 Å². The first-order chi connectivity index (χ1) is 13.1. The summed E-state index contributed by atoms with van der Waals surface area (Å²) in [7, 11) is 0. The molecule has 0 spiro atoms. The molecule has 27 heavy (non-hydrogen) atoms. The zero-order chi connectivity index (χ0) is 18.8. The number of carbonyl (C=O) groups excluding carboxylic acids is 2. The minimum absolute atomic E-state index is 0.0119. The van der Waals surface area contributed by atoms with E-state index in [1.165, 1.54) is 12.1 Å². The third kappa shape index (κ3) is 3.85. The maximum Gasteiger partial charge on any atom is 0.231 e. The molecule has 0 saturated carbocycles. The van der Waals surface area contributed by atoms with Gasteiger partial charge in [-0.2, -0.15) is 0 Å². The Balaban J connectivity index is 1.59. The Kier molecular flexibility index (Phi) is 4.90. The summed E-state index contributed by atoms with van der Waals surface area (Å²) < 4.78 is 19.2. The maximum absolute atomic E-state index is 13.8. The van der Waals surface area contributed by atoms with E-state index in [1.807, 2.05) is 18.2 Å². The standard InChI is InChI=1S/C21H21FN2O3/c22-16-2-1-3-18(13-16)24(17-6-8-27-9-7-17)21(26)11-14-4-5-15-12-20(25)23-19(15)10-14/h1-5,10,13,17H,6-9,11-12H2,(H,23,25). The first-order valence-corrected chi connectivity index (χ1v) is 9.17. The van der Waals surface area contributed by atoms with Crippen molar-refractivity contribution in [3.8, 4) is 0 Å². The van der Waals surface area contributed by atoms with Crippen LogP contribution in [0, 0.1) is 5.82 Å². The minimum Gasteiger partial charge on any atom is -0.381 e. The molecule has 6 heteroatoms. The predicted octanol–water partition coefficient (Wildman–Crippen LogP) is 3.08. The Hall–Kier alpha value is -2.73. The molecule has 0 aromatic heterocycles. The van der Waals surface area contributed by atoms with Crippen LogP contribution in [0.2, 0.25) is 0 Å². The van der Waals surface area contributed by atoms with Crippen LogP contribution in [0.25, 0.3) is 0 Å². The van der Waals surface area contributed by atoms with E-state index >= 15 is 0 Å². The number of halogens is 1. The second-order valence-electron chi connectivity index (χ2n) is 6.98. The zero-order valence-electron chi connectivity index (χ0n) is 14.9. The zero-order valence-corrected chi connectivity index (χ0v) is 14.9. The molecule has 0 bridgehead atoms. The molecule has 0 radical (unpaired) electrons. The number of anilines is 2. The fourth-order valence-corrected chi connectivity index (χ4v) is 3.76. The summed E-state index contributed by atoms with van der Waals surface area (Å²) in [5, 5.41) is 2.81. The number of benzene rings is 2. The summed E-state index contributed by atoms with van der Waals surface area (Å²) in [6, 6.07) is 11.8. The van der Waals surface area contributed by atoms with E-state index in [4.69, 9.17) is 4.74 Å². The molecule has 1 N–H and O–H groups in total. The quantitative estimate of drug-likeness (QED) is 0.902. The van der Waals surface area contributed by atoms with Crippen LogP contribution in [0.5, 0.6) is 0 Å². The number of nitrogens with one attached hydrogen (secondary N) is 1. The Labute approximate surface area is 157 Å². The summed E-state index contributed by atoms with van der Waals surface area (Å²) >= 11 is 0. The van der Waals surface area contributed by atoms with Crippen molar-refractivity contribution in [2.75, 3.05) is 23.4 Å². The van der Waals surface area contributed by atoms with Gasteiger partial charge in [0.2, 0.25) is 11.8 Å². The first-order valence-electron chi connectivity index (χ1n) is 9.17. The van der Waals surface area contributed by atoms with Gasteiger partial charge in [0.15, 0.2) is 0 Å². The molecule has 2 heterocycles. The van der Waals surface area contributed by atoms with Gasteiger partial charge in [-0.3, -0.25) is 9.59 Å². The monoisotopic (exact) mass is 368 g/mol. The predicted molar refractivity (Wildman–Crippen MR) is 100 cm³/mol. The van der Waals surface area contributed by atoms with Crippen LogP contribution in [0.3, 0.4) is 0 Å². The van der Waals surface area contributed by atoms with E-state index in [9.17, 15) is 14.0 Å². The minimum atomic E-state index is -0.363. The van der Waals surface area contributed by atoms with E-state index < -0.39 is 0 Å². The van der Waals surface area contributed by atoms with Gasteiger partial charge in [0.1, 0.15) is 5.82 Å². The lowest BCUT2D eigenvalue weighted by Crippen LogP contribution is -2.44. The molecular weight excluding hydrogens is 347 g/mol. The van der Waals surface area contributed by atoms with E-state index in [-0.39, 0.29) is 30.1 Å². The normalized spacial score (nSPS) is 16.7. The van der Waals surface area contributed by atoms with Crippen molar-refractivity contribution >= 4 is 23.2 Å². The van der Waals surface area contributed by atoms with E-state index in [1.54, 1.807) is 17.0 Å². The van der Waals surface area contributed by atoms with Crippen molar-refractivity contribution in [1.29, 1.82) is 0 Å². The van der Waals surface area contributed by atoms with Gasteiger partial charge in [-0.1, -0.05) is 18.2 Å². The second kappa shape index (κ2) is 7.48. The number of rotatable bonds is 4. The van der Waals surface area contributed by atoms with Crippen molar-refractivity contribution in [1.82, 2.24) is 0 Å². The number of hydrogen-bond acceptors (Lipinski definition) is 3. The van der Waals surface area contributed by atoms with Crippen LogP contribution in [-0.4, -0.2) is 31.1 Å². The van der Waals surface area contributed by atoms with E-state index in [2.05, 4.69) is 5.32 Å². The van der Waals surface area contributed by atoms with Crippen molar-refractivity contribution in [2.45, 2.75) is 31.7 Å². The molecule has 5 nitrogen and oxygen atoms in total. The summed E-state index contributed by atoms with van der Waals surface area (Å²) in [4.78, 5) is 26.4. The highest BCUT2D eigenvalue weighted by molar-refractivity contribution is 6.00. The van der Waals surface area contributed by atoms with Gasteiger partial charge in [-0.15, -0.1) is 0 Å². The fraction of sp³-hybridized carbons (Fsp3) is 0.333. The van der Waals surface area contributed by atoms with Crippen LogP contribution in [0.15, 0.2) is 42.5 Å². The number of hydrogen-bond donors (Lipinski definition) is 1. The van der Waals surface area contributed by atoms with Crippen molar-refractivity contribution < 1.29 is 18.7 Å². The average molecular weight is 368 g/mol.